The molecule has 0 unspecified atom stereocenters. The van der Waals surface area contributed by atoms with Crippen molar-refractivity contribution in [1.82, 2.24) is 4.98 Å². The van der Waals surface area contributed by atoms with Gasteiger partial charge in [-0.1, -0.05) is 12.1 Å². The van der Waals surface area contributed by atoms with Gasteiger partial charge in [0, 0.05) is 11.9 Å². The highest BCUT2D eigenvalue weighted by molar-refractivity contribution is 7.18. The molecular weight excluding hydrogens is 297 g/mol. The summed E-state index contributed by atoms with van der Waals surface area (Å²) in [7, 11) is 0. The lowest BCUT2D eigenvalue weighted by Crippen LogP contribution is -1.96. The highest BCUT2D eigenvalue weighted by Gasteiger charge is 2.06. The minimum atomic E-state index is -0.345. The molecule has 3 rings (SSSR count). The molecule has 20 heavy (non-hydrogen) atoms. The van der Waals surface area contributed by atoms with E-state index in [0.717, 1.165) is 15.2 Å². The van der Waals surface area contributed by atoms with Gasteiger partial charge in [0.25, 0.3) is 0 Å². The van der Waals surface area contributed by atoms with E-state index in [1.54, 1.807) is 17.4 Å². The number of rotatable bonds is 4. The van der Waals surface area contributed by atoms with Gasteiger partial charge in [-0.15, -0.1) is 22.9 Å². The van der Waals surface area contributed by atoms with Crippen molar-refractivity contribution in [1.29, 1.82) is 0 Å². The normalized spacial score (nSPS) is 10.9. The third-order valence-electron chi connectivity index (χ3n) is 2.79. The Balaban J connectivity index is 1.77. The van der Waals surface area contributed by atoms with Crippen molar-refractivity contribution in [3.05, 3.63) is 58.9 Å². The molecule has 0 spiro atoms. The summed E-state index contributed by atoms with van der Waals surface area (Å²) in [6, 6.07) is 12.4. The van der Waals surface area contributed by atoms with Gasteiger partial charge >= 0.3 is 0 Å². The van der Waals surface area contributed by atoms with E-state index >= 15 is 0 Å². The Bertz CT molecular complexity index is 711. The van der Waals surface area contributed by atoms with Gasteiger partial charge in [0.2, 0.25) is 0 Å². The number of benzene rings is 2. The molecule has 0 N–H and O–H groups in total. The van der Waals surface area contributed by atoms with Crippen LogP contribution in [0.5, 0.6) is 5.75 Å². The summed E-state index contributed by atoms with van der Waals surface area (Å²) in [6.45, 7) is 0.324. The Morgan fingerprint density at radius 3 is 2.85 bits per heavy atom. The van der Waals surface area contributed by atoms with Crippen LogP contribution in [0.2, 0.25) is 0 Å². The highest BCUT2D eigenvalue weighted by atomic mass is 35.5. The molecule has 0 atom stereocenters. The van der Waals surface area contributed by atoms with E-state index in [9.17, 15) is 4.39 Å². The van der Waals surface area contributed by atoms with Crippen LogP contribution < -0.4 is 4.74 Å². The molecule has 0 aliphatic carbocycles. The van der Waals surface area contributed by atoms with Crippen LogP contribution in [-0.2, 0) is 12.5 Å². The molecule has 0 radical (unpaired) electrons. The lowest BCUT2D eigenvalue weighted by atomic mass is 10.2. The number of aromatic nitrogens is 1. The Hall–Kier alpha value is -1.65. The number of halogens is 2. The molecule has 0 bridgehead atoms. The minimum absolute atomic E-state index is 0.259. The van der Waals surface area contributed by atoms with Gasteiger partial charge in [0.15, 0.2) is 0 Å². The molecule has 0 aliphatic heterocycles. The van der Waals surface area contributed by atoms with Crippen LogP contribution >= 0.6 is 22.9 Å². The monoisotopic (exact) mass is 307 g/mol. The Morgan fingerprint density at radius 2 is 2.05 bits per heavy atom. The van der Waals surface area contributed by atoms with E-state index in [-0.39, 0.29) is 11.7 Å². The number of hydrogen-bond donors (Lipinski definition) is 0. The van der Waals surface area contributed by atoms with Crippen molar-refractivity contribution >= 4 is 33.2 Å². The number of para-hydroxylation sites is 1. The first-order valence-corrected chi connectivity index (χ1v) is 7.42. The molecule has 3 aromatic rings. The second kappa shape index (κ2) is 5.77. The zero-order valence-electron chi connectivity index (χ0n) is 10.5. The molecular formula is C15H11ClFNOS. The molecule has 0 fully saturated rings. The highest BCUT2D eigenvalue weighted by Crippen LogP contribution is 2.24. The van der Waals surface area contributed by atoms with Gasteiger partial charge < -0.3 is 4.74 Å². The summed E-state index contributed by atoms with van der Waals surface area (Å²) in [5, 5.41) is 0.864. The Labute approximate surface area is 124 Å². The molecule has 0 saturated heterocycles. The van der Waals surface area contributed by atoms with Crippen molar-refractivity contribution < 1.29 is 9.13 Å². The predicted molar refractivity (Wildman–Crippen MR) is 79.9 cm³/mol. The van der Waals surface area contributed by atoms with E-state index in [2.05, 4.69) is 4.98 Å². The van der Waals surface area contributed by atoms with Crippen molar-refractivity contribution in [2.45, 2.75) is 12.5 Å². The lowest BCUT2D eigenvalue weighted by molar-refractivity contribution is 0.304. The van der Waals surface area contributed by atoms with Crippen molar-refractivity contribution in [2.24, 2.45) is 0 Å². The fraction of sp³-hybridized carbons (Fsp3) is 0.133. The third-order valence-corrected chi connectivity index (χ3v) is 4.10. The molecule has 0 saturated carbocycles. The topological polar surface area (TPSA) is 22.1 Å². The largest absolute Gasteiger partial charge is 0.486 e. The summed E-state index contributed by atoms with van der Waals surface area (Å²) in [5.74, 6) is 0.386. The second-order valence-electron chi connectivity index (χ2n) is 4.29. The number of fused-ring (bicyclic) bond motifs is 1. The number of ether oxygens (including phenoxy) is 1. The van der Waals surface area contributed by atoms with Crippen LogP contribution in [0.15, 0.2) is 42.5 Å². The van der Waals surface area contributed by atoms with Crippen molar-refractivity contribution in [3.63, 3.8) is 0 Å². The SMILES string of the molecule is Fc1cc(CCl)cc(OCc2nc3ccccc3s2)c1. The average Bonchev–Trinajstić information content (AvgIpc) is 2.87. The number of alkyl halides is 1. The maximum atomic E-state index is 13.4. The number of nitrogens with zero attached hydrogens (tertiary/aromatic N) is 1. The fourth-order valence-electron chi connectivity index (χ4n) is 1.91. The maximum Gasteiger partial charge on any atom is 0.140 e. The van der Waals surface area contributed by atoms with Gasteiger partial charge in [-0.3, -0.25) is 0 Å². The second-order valence-corrected chi connectivity index (χ2v) is 5.68. The quantitative estimate of drug-likeness (QED) is 0.649. The van der Waals surface area contributed by atoms with E-state index in [0.29, 0.717) is 17.9 Å². The maximum absolute atomic E-state index is 13.4. The van der Waals surface area contributed by atoms with Crippen LogP contribution in [0.3, 0.4) is 0 Å². The van der Waals surface area contributed by atoms with Gasteiger partial charge in [0.05, 0.1) is 10.2 Å². The molecule has 5 heteroatoms. The van der Waals surface area contributed by atoms with Crippen LogP contribution in [0, 0.1) is 5.82 Å². The third kappa shape index (κ3) is 2.92. The fourth-order valence-corrected chi connectivity index (χ4v) is 2.94. The van der Waals surface area contributed by atoms with E-state index in [1.165, 1.54) is 12.1 Å². The van der Waals surface area contributed by atoms with E-state index in [4.69, 9.17) is 16.3 Å². The summed E-state index contributed by atoms with van der Waals surface area (Å²) in [4.78, 5) is 4.47. The van der Waals surface area contributed by atoms with Crippen LogP contribution in [-0.4, -0.2) is 4.98 Å². The Morgan fingerprint density at radius 1 is 1.20 bits per heavy atom. The molecule has 1 aromatic heterocycles. The molecule has 0 aliphatic rings. The van der Waals surface area contributed by atoms with Crippen LogP contribution in [0.1, 0.15) is 10.6 Å². The van der Waals surface area contributed by atoms with Gasteiger partial charge in [-0.25, -0.2) is 9.37 Å². The summed E-state index contributed by atoms with van der Waals surface area (Å²) in [6.07, 6.45) is 0. The summed E-state index contributed by atoms with van der Waals surface area (Å²) < 4.78 is 20.1. The summed E-state index contributed by atoms with van der Waals surface area (Å²) in [5.41, 5.74) is 1.66. The average molecular weight is 308 g/mol. The van der Waals surface area contributed by atoms with Crippen molar-refractivity contribution in [2.75, 3.05) is 0 Å². The lowest BCUT2D eigenvalue weighted by Gasteiger charge is -2.05. The van der Waals surface area contributed by atoms with E-state index < -0.39 is 0 Å². The first-order valence-electron chi connectivity index (χ1n) is 6.07. The van der Waals surface area contributed by atoms with Gasteiger partial charge in [0.1, 0.15) is 23.2 Å². The smallest absolute Gasteiger partial charge is 0.140 e. The standard InChI is InChI=1S/C15H11ClFNOS/c16-8-10-5-11(17)7-12(6-10)19-9-15-18-13-3-1-2-4-14(13)20-15/h1-7H,8-9H2. The van der Waals surface area contributed by atoms with Crippen LogP contribution in [0.25, 0.3) is 10.2 Å². The first kappa shape index (κ1) is 13.3. The molecule has 1 heterocycles. The summed E-state index contributed by atoms with van der Waals surface area (Å²) >= 11 is 7.28. The minimum Gasteiger partial charge on any atom is -0.486 e. The number of hydrogen-bond acceptors (Lipinski definition) is 3. The molecule has 102 valence electrons. The Kier molecular flexibility index (Phi) is 3.85. The van der Waals surface area contributed by atoms with E-state index in [1.807, 2.05) is 24.3 Å². The zero-order valence-corrected chi connectivity index (χ0v) is 12.0. The first-order chi connectivity index (χ1) is 9.74. The molecule has 0 amide bonds. The van der Waals surface area contributed by atoms with Crippen LogP contribution in [0.4, 0.5) is 4.39 Å². The van der Waals surface area contributed by atoms with Gasteiger partial charge in [-0.2, -0.15) is 0 Å². The molecule has 2 aromatic carbocycles. The predicted octanol–water partition coefficient (Wildman–Crippen LogP) is 4.75. The van der Waals surface area contributed by atoms with Crippen molar-refractivity contribution in [3.8, 4) is 5.75 Å². The number of thiazole rings is 1. The van der Waals surface area contributed by atoms with Gasteiger partial charge in [-0.05, 0) is 29.8 Å². The molecule has 2 nitrogen and oxygen atoms in total. The zero-order chi connectivity index (χ0) is 13.9.